The third kappa shape index (κ3) is 4.13. The van der Waals surface area contributed by atoms with Gasteiger partial charge >= 0.3 is 0 Å². The summed E-state index contributed by atoms with van der Waals surface area (Å²) in [5.41, 5.74) is 3.53. The Hall–Kier alpha value is -1.22. The van der Waals surface area contributed by atoms with Crippen molar-refractivity contribution in [3.8, 4) is 0 Å². The first-order valence-electron chi connectivity index (χ1n) is 6.89. The first kappa shape index (κ1) is 16.2. The van der Waals surface area contributed by atoms with E-state index in [1.165, 1.54) is 11.3 Å². The molecule has 0 saturated carbocycles. The van der Waals surface area contributed by atoms with E-state index in [2.05, 4.69) is 34.5 Å². The third-order valence-corrected chi connectivity index (χ3v) is 4.16. The van der Waals surface area contributed by atoms with E-state index in [4.69, 9.17) is 23.2 Å². The molecule has 0 bridgehead atoms. The lowest BCUT2D eigenvalue weighted by molar-refractivity contribution is 0.592. The molecule has 4 heteroatoms. The number of rotatable bonds is 5. The molecule has 0 amide bonds. The van der Waals surface area contributed by atoms with Crippen LogP contribution in [-0.4, -0.2) is 21.1 Å². The lowest BCUT2D eigenvalue weighted by Crippen LogP contribution is -2.19. The van der Waals surface area contributed by atoms with Crippen molar-refractivity contribution in [1.29, 1.82) is 0 Å². The molecule has 0 saturated heterocycles. The van der Waals surface area contributed by atoms with Gasteiger partial charge in [-0.15, -0.1) is 0 Å². The number of nitrogens with one attached hydrogen (secondary N) is 1. The van der Waals surface area contributed by atoms with E-state index in [1.807, 2.05) is 33.3 Å². The molecule has 2 nitrogen and oxygen atoms in total. The highest BCUT2D eigenvalue weighted by molar-refractivity contribution is 6.35. The molecule has 0 aliphatic rings. The van der Waals surface area contributed by atoms with E-state index in [0.29, 0.717) is 10.0 Å². The lowest BCUT2D eigenvalue weighted by Gasteiger charge is -2.20. The molecule has 1 unspecified atom stereocenters. The fourth-order valence-electron chi connectivity index (χ4n) is 2.31. The van der Waals surface area contributed by atoms with Gasteiger partial charge in [-0.3, -0.25) is 0 Å². The van der Waals surface area contributed by atoms with Crippen molar-refractivity contribution < 1.29 is 0 Å². The molecule has 2 rings (SSSR count). The van der Waals surface area contributed by atoms with E-state index in [-0.39, 0.29) is 6.04 Å². The quantitative estimate of drug-likeness (QED) is 0.867. The molecule has 1 N–H and O–H groups in total. The summed E-state index contributed by atoms with van der Waals surface area (Å²) >= 11 is 12.2. The van der Waals surface area contributed by atoms with Crippen molar-refractivity contribution in [2.45, 2.75) is 12.5 Å². The second kappa shape index (κ2) is 7.17. The number of hydrogen-bond donors (Lipinski definition) is 1. The van der Waals surface area contributed by atoms with Crippen molar-refractivity contribution in [3.63, 3.8) is 0 Å². The number of anilines is 1. The number of nitrogens with zero attached hydrogens (tertiary/aromatic N) is 1. The van der Waals surface area contributed by atoms with E-state index in [1.54, 1.807) is 6.07 Å². The molecule has 0 fully saturated rings. The minimum Gasteiger partial charge on any atom is -0.378 e. The van der Waals surface area contributed by atoms with Gasteiger partial charge in [0, 0.05) is 35.9 Å². The van der Waals surface area contributed by atoms with Gasteiger partial charge in [0.05, 0.1) is 0 Å². The predicted molar refractivity (Wildman–Crippen MR) is 92.7 cm³/mol. The molecule has 0 spiro atoms. The summed E-state index contributed by atoms with van der Waals surface area (Å²) in [6.07, 6.45) is 0.823. The second-order valence-electron chi connectivity index (χ2n) is 5.27. The van der Waals surface area contributed by atoms with Gasteiger partial charge in [-0.25, -0.2) is 0 Å². The Morgan fingerprint density at radius 1 is 1.10 bits per heavy atom. The highest BCUT2D eigenvalue weighted by atomic mass is 35.5. The summed E-state index contributed by atoms with van der Waals surface area (Å²) in [5, 5.41) is 4.75. The van der Waals surface area contributed by atoms with Crippen LogP contribution in [0.1, 0.15) is 17.2 Å². The zero-order chi connectivity index (χ0) is 15.4. The Labute approximate surface area is 136 Å². The van der Waals surface area contributed by atoms with E-state index in [0.717, 1.165) is 12.0 Å². The van der Waals surface area contributed by atoms with Gasteiger partial charge in [0.1, 0.15) is 0 Å². The van der Waals surface area contributed by atoms with Crippen molar-refractivity contribution in [2.75, 3.05) is 26.0 Å². The average Bonchev–Trinajstić information content (AvgIpc) is 2.46. The van der Waals surface area contributed by atoms with Crippen LogP contribution in [0.3, 0.4) is 0 Å². The highest BCUT2D eigenvalue weighted by Crippen LogP contribution is 2.27. The molecule has 21 heavy (non-hydrogen) atoms. The number of hydrogen-bond acceptors (Lipinski definition) is 2. The predicted octanol–water partition coefficient (Wildman–Crippen LogP) is 4.56. The molecule has 1 atom stereocenters. The SMILES string of the molecule is CNC(Cc1ccc(Cl)cc1Cl)c1cccc(N(C)C)c1. The standard InChI is InChI=1S/C17H20Cl2N2/c1-20-17(10-12-7-8-14(18)11-16(12)19)13-5-4-6-15(9-13)21(2)3/h4-9,11,17,20H,10H2,1-3H3. The molecule has 0 heterocycles. The summed E-state index contributed by atoms with van der Waals surface area (Å²) in [6.45, 7) is 0. The number of benzene rings is 2. The number of likely N-dealkylation sites (N-methyl/N-ethyl adjacent to an activating group) is 1. The van der Waals surface area contributed by atoms with Crippen LogP contribution in [0.25, 0.3) is 0 Å². The maximum absolute atomic E-state index is 6.28. The Morgan fingerprint density at radius 3 is 2.48 bits per heavy atom. The molecule has 2 aromatic rings. The monoisotopic (exact) mass is 322 g/mol. The molecular weight excluding hydrogens is 303 g/mol. The van der Waals surface area contributed by atoms with Crippen molar-refractivity contribution in [1.82, 2.24) is 5.32 Å². The second-order valence-corrected chi connectivity index (χ2v) is 6.11. The minimum absolute atomic E-state index is 0.212. The summed E-state index contributed by atoms with van der Waals surface area (Å²) in [6, 6.07) is 14.4. The Morgan fingerprint density at radius 2 is 1.86 bits per heavy atom. The molecule has 2 aromatic carbocycles. The molecule has 0 aliphatic heterocycles. The molecule has 0 aliphatic carbocycles. The van der Waals surface area contributed by atoms with E-state index in [9.17, 15) is 0 Å². The van der Waals surface area contributed by atoms with E-state index < -0.39 is 0 Å². The average molecular weight is 323 g/mol. The van der Waals surface area contributed by atoms with E-state index >= 15 is 0 Å². The number of halogens is 2. The van der Waals surface area contributed by atoms with Crippen LogP contribution >= 0.6 is 23.2 Å². The summed E-state index contributed by atoms with van der Waals surface area (Å²) in [5.74, 6) is 0. The molecular formula is C17H20Cl2N2. The van der Waals surface area contributed by atoms with Crippen LogP contribution in [0.4, 0.5) is 5.69 Å². The Kier molecular flexibility index (Phi) is 5.51. The third-order valence-electron chi connectivity index (χ3n) is 3.58. The van der Waals surface area contributed by atoms with Crippen molar-refractivity contribution in [3.05, 3.63) is 63.6 Å². The van der Waals surface area contributed by atoms with Crippen LogP contribution in [0, 0.1) is 0 Å². The van der Waals surface area contributed by atoms with Crippen LogP contribution < -0.4 is 10.2 Å². The van der Waals surface area contributed by atoms with Gasteiger partial charge in [-0.1, -0.05) is 41.4 Å². The van der Waals surface area contributed by atoms with Crippen molar-refractivity contribution >= 4 is 28.9 Å². The Balaban J connectivity index is 2.25. The van der Waals surface area contributed by atoms with Gasteiger partial charge < -0.3 is 10.2 Å². The van der Waals surface area contributed by atoms with Crippen LogP contribution in [-0.2, 0) is 6.42 Å². The maximum Gasteiger partial charge on any atom is 0.0453 e. The smallest absolute Gasteiger partial charge is 0.0453 e. The zero-order valence-electron chi connectivity index (χ0n) is 12.5. The molecule has 0 aromatic heterocycles. The van der Waals surface area contributed by atoms with Crippen LogP contribution in [0.2, 0.25) is 10.0 Å². The zero-order valence-corrected chi connectivity index (χ0v) is 14.0. The lowest BCUT2D eigenvalue weighted by atomic mass is 9.98. The summed E-state index contributed by atoms with van der Waals surface area (Å²) in [7, 11) is 6.06. The van der Waals surface area contributed by atoms with Gasteiger partial charge in [0.25, 0.3) is 0 Å². The maximum atomic E-state index is 6.28. The minimum atomic E-state index is 0.212. The van der Waals surface area contributed by atoms with Gasteiger partial charge in [-0.05, 0) is 48.9 Å². The van der Waals surface area contributed by atoms with Crippen LogP contribution in [0.15, 0.2) is 42.5 Å². The summed E-state index contributed by atoms with van der Waals surface area (Å²) < 4.78 is 0. The van der Waals surface area contributed by atoms with Crippen molar-refractivity contribution in [2.24, 2.45) is 0 Å². The summed E-state index contributed by atoms with van der Waals surface area (Å²) in [4.78, 5) is 2.10. The largest absolute Gasteiger partial charge is 0.378 e. The topological polar surface area (TPSA) is 15.3 Å². The highest BCUT2D eigenvalue weighted by Gasteiger charge is 2.13. The fraction of sp³-hybridized carbons (Fsp3) is 0.294. The van der Waals surface area contributed by atoms with Gasteiger partial charge in [0.2, 0.25) is 0 Å². The first-order chi connectivity index (χ1) is 10.0. The van der Waals surface area contributed by atoms with Gasteiger partial charge in [-0.2, -0.15) is 0 Å². The fourth-order valence-corrected chi connectivity index (χ4v) is 2.80. The Bertz CT molecular complexity index is 611. The van der Waals surface area contributed by atoms with Gasteiger partial charge in [0.15, 0.2) is 0 Å². The van der Waals surface area contributed by atoms with Crippen LogP contribution in [0.5, 0.6) is 0 Å². The first-order valence-corrected chi connectivity index (χ1v) is 7.65. The molecule has 112 valence electrons. The molecule has 0 radical (unpaired) electrons. The normalized spacial score (nSPS) is 12.2.